The normalized spacial score (nSPS) is 15.2. The lowest BCUT2D eigenvalue weighted by atomic mass is 9.80. The number of hydrogen-bond donors (Lipinski definition) is 4. The Morgan fingerprint density at radius 1 is 1.18 bits per heavy atom. The molecule has 0 saturated carbocycles. The standard InChI is InChI=1S/C32H38N4O9/c1-4-45-32(40)30-26(35-20(2)28(31(39)43-3)29(30)22-8-7-9-24(16-22)36(41)42)19-44-13-6-5-12-34-18-25(37)15-21-10-11-27(38)23(14-21)17-33/h7-11,14,16,25,29,34-35,37-38H,4-6,12-13,15,18-19H2,1-3H3. The molecular formula is C32H38N4O9. The number of allylic oxidation sites excluding steroid dienone is 1. The number of phenols is 1. The number of nitrogens with one attached hydrogen (secondary N) is 2. The lowest BCUT2D eigenvalue weighted by molar-refractivity contribution is -0.384. The van der Waals surface area contributed by atoms with E-state index in [4.69, 9.17) is 19.5 Å². The van der Waals surface area contributed by atoms with Gasteiger partial charge in [-0.05, 0) is 62.9 Å². The Morgan fingerprint density at radius 2 is 1.96 bits per heavy atom. The number of aliphatic hydroxyl groups is 1. The third-order valence-electron chi connectivity index (χ3n) is 7.13. The first-order valence-electron chi connectivity index (χ1n) is 14.5. The Labute approximate surface area is 261 Å². The van der Waals surface area contributed by atoms with Crippen LogP contribution < -0.4 is 10.6 Å². The summed E-state index contributed by atoms with van der Waals surface area (Å²) in [5, 5.41) is 46.8. The summed E-state index contributed by atoms with van der Waals surface area (Å²) in [7, 11) is 1.22. The van der Waals surface area contributed by atoms with Crippen LogP contribution in [0.3, 0.4) is 0 Å². The molecule has 3 rings (SSSR count). The van der Waals surface area contributed by atoms with Crippen molar-refractivity contribution in [1.29, 1.82) is 5.26 Å². The number of hydrogen-bond acceptors (Lipinski definition) is 12. The summed E-state index contributed by atoms with van der Waals surface area (Å²) in [6.07, 6.45) is 1.07. The SMILES string of the molecule is CCOC(=O)C1=C(COCCCCNCC(O)Cc2ccc(O)c(C#N)c2)NC(C)=C(C(=O)OC)C1c1cccc([N+](=O)[O-])c1. The first-order valence-corrected chi connectivity index (χ1v) is 14.5. The fourth-order valence-corrected chi connectivity index (χ4v) is 5.03. The second-order valence-electron chi connectivity index (χ2n) is 10.3. The molecule has 0 bridgehead atoms. The molecule has 4 N–H and O–H groups in total. The number of aliphatic hydroxyl groups excluding tert-OH is 1. The van der Waals surface area contributed by atoms with Crippen LogP contribution in [0, 0.1) is 21.4 Å². The van der Waals surface area contributed by atoms with Gasteiger partial charge in [0.1, 0.15) is 11.8 Å². The molecule has 2 unspecified atom stereocenters. The highest BCUT2D eigenvalue weighted by molar-refractivity contribution is 6.00. The summed E-state index contributed by atoms with van der Waals surface area (Å²) in [5.41, 5.74) is 2.11. The Bertz CT molecular complexity index is 1500. The van der Waals surface area contributed by atoms with Gasteiger partial charge in [0.15, 0.2) is 0 Å². The summed E-state index contributed by atoms with van der Waals surface area (Å²) in [4.78, 5) is 37.1. The number of carbonyl (C=O) groups is 2. The van der Waals surface area contributed by atoms with Crippen molar-refractivity contribution in [2.75, 3.05) is 40.0 Å². The molecule has 2 atom stereocenters. The van der Waals surface area contributed by atoms with Gasteiger partial charge >= 0.3 is 11.9 Å². The minimum atomic E-state index is -0.986. The number of nitriles is 1. The van der Waals surface area contributed by atoms with Gasteiger partial charge in [0.25, 0.3) is 5.69 Å². The maximum absolute atomic E-state index is 13.3. The zero-order chi connectivity index (χ0) is 32.9. The van der Waals surface area contributed by atoms with Gasteiger partial charge < -0.3 is 35.1 Å². The maximum Gasteiger partial charge on any atom is 0.336 e. The molecule has 0 radical (unpaired) electrons. The van der Waals surface area contributed by atoms with Crippen LogP contribution in [0.5, 0.6) is 5.75 Å². The molecule has 45 heavy (non-hydrogen) atoms. The van der Waals surface area contributed by atoms with E-state index in [1.807, 2.05) is 6.07 Å². The smallest absolute Gasteiger partial charge is 0.336 e. The predicted molar refractivity (Wildman–Crippen MR) is 163 cm³/mol. The number of esters is 2. The highest BCUT2D eigenvalue weighted by Gasteiger charge is 2.39. The lowest BCUT2D eigenvalue weighted by Crippen LogP contribution is -2.34. The number of methoxy groups -OCH3 is 1. The van der Waals surface area contributed by atoms with Crippen molar-refractivity contribution < 1.29 is 38.9 Å². The quantitative estimate of drug-likeness (QED) is 0.0926. The number of dihydropyridines is 1. The summed E-state index contributed by atoms with van der Waals surface area (Å²) < 4.78 is 16.2. The Morgan fingerprint density at radius 3 is 2.64 bits per heavy atom. The van der Waals surface area contributed by atoms with Crippen molar-refractivity contribution in [1.82, 2.24) is 10.6 Å². The third kappa shape index (κ3) is 9.36. The average Bonchev–Trinajstić information content (AvgIpc) is 3.02. The van der Waals surface area contributed by atoms with Gasteiger partial charge in [0.2, 0.25) is 0 Å². The van der Waals surface area contributed by atoms with Gasteiger partial charge in [-0.25, -0.2) is 9.59 Å². The van der Waals surface area contributed by atoms with Crippen LogP contribution in [0.2, 0.25) is 0 Å². The molecule has 1 heterocycles. The molecule has 240 valence electrons. The maximum atomic E-state index is 13.3. The van der Waals surface area contributed by atoms with Crippen LogP contribution in [0.25, 0.3) is 0 Å². The number of nitro groups is 1. The first-order chi connectivity index (χ1) is 21.6. The van der Waals surface area contributed by atoms with Crippen LogP contribution in [0.4, 0.5) is 5.69 Å². The van der Waals surface area contributed by atoms with Crippen molar-refractivity contribution >= 4 is 17.6 Å². The second kappa shape index (κ2) is 16.9. The van der Waals surface area contributed by atoms with Gasteiger partial charge in [-0.15, -0.1) is 0 Å². The van der Waals surface area contributed by atoms with Crippen molar-refractivity contribution in [3.63, 3.8) is 0 Å². The molecule has 0 amide bonds. The van der Waals surface area contributed by atoms with E-state index in [1.54, 1.807) is 32.0 Å². The molecule has 1 aliphatic heterocycles. The third-order valence-corrected chi connectivity index (χ3v) is 7.13. The van der Waals surface area contributed by atoms with E-state index >= 15 is 0 Å². The number of rotatable bonds is 16. The minimum absolute atomic E-state index is 0.00513. The van der Waals surface area contributed by atoms with Gasteiger partial charge in [0, 0.05) is 31.0 Å². The predicted octanol–water partition coefficient (Wildman–Crippen LogP) is 3.11. The molecule has 0 spiro atoms. The van der Waals surface area contributed by atoms with Crippen molar-refractivity contribution in [3.05, 3.63) is 91.8 Å². The number of nitrogens with zero attached hydrogens (tertiary/aromatic N) is 2. The zero-order valence-electron chi connectivity index (χ0n) is 25.5. The van der Waals surface area contributed by atoms with Crippen molar-refractivity contribution in [3.8, 4) is 11.8 Å². The minimum Gasteiger partial charge on any atom is -0.507 e. The summed E-state index contributed by atoms with van der Waals surface area (Å²) in [6, 6.07) is 12.3. The molecule has 2 aromatic rings. The number of aromatic hydroxyl groups is 1. The molecule has 0 fully saturated rings. The Kier molecular flexibility index (Phi) is 13.0. The Balaban J connectivity index is 1.62. The van der Waals surface area contributed by atoms with Gasteiger partial charge in [-0.1, -0.05) is 18.2 Å². The summed E-state index contributed by atoms with van der Waals surface area (Å²) in [6.45, 7) is 4.69. The molecule has 0 aliphatic carbocycles. The fraction of sp³-hybridized carbons (Fsp3) is 0.406. The van der Waals surface area contributed by atoms with Crippen LogP contribution in [-0.2, 0) is 30.2 Å². The monoisotopic (exact) mass is 622 g/mol. The van der Waals surface area contributed by atoms with E-state index in [9.17, 15) is 29.9 Å². The van der Waals surface area contributed by atoms with E-state index in [1.165, 1.54) is 31.4 Å². The first kappa shape index (κ1) is 34.7. The van der Waals surface area contributed by atoms with Crippen molar-refractivity contribution in [2.45, 2.75) is 45.1 Å². The number of unbranched alkanes of at least 4 members (excludes halogenated alkanes) is 1. The lowest BCUT2D eigenvalue weighted by Gasteiger charge is -2.31. The molecule has 0 saturated heterocycles. The molecule has 13 heteroatoms. The molecule has 2 aromatic carbocycles. The van der Waals surface area contributed by atoms with E-state index in [0.29, 0.717) is 49.5 Å². The molecule has 13 nitrogen and oxygen atoms in total. The number of ether oxygens (including phenoxy) is 3. The van der Waals surface area contributed by atoms with E-state index in [-0.39, 0.29) is 41.4 Å². The van der Waals surface area contributed by atoms with Gasteiger partial charge in [-0.3, -0.25) is 10.1 Å². The number of nitro benzene ring substituents is 1. The van der Waals surface area contributed by atoms with E-state index in [0.717, 1.165) is 12.0 Å². The molecular weight excluding hydrogens is 584 g/mol. The number of non-ortho nitro benzene ring substituents is 1. The highest BCUT2D eigenvalue weighted by atomic mass is 16.6. The molecule has 0 aromatic heterocycles. The topological polar surface area (TPSA) is 193 Å². The zero-order valence-corrected chi connectivity index (χ0v) is 25.5. The summed E-state index contributed by atoms with van der Waals surface area (Å²) >= 11 is 0. The number of phenolic OH excluding ortho intramolecular Hbond substituents is 1. The highest BCUT2D eigenvalue weighted by Crippen LogP contribution is 2.40. The summed E-state index contributed by atoms with van der Waals surface area (Å²) in [5.74, 6) is -2.46. The average molecular weight is 623 g/mol. The number of carbonyl (C=O) groups excluding carboxylic acids is 2. The van der Waals surface area contributed by atoms with E-state index in [2.05, 4.69) is 10.6 Å². The van der Waals surface area contributed by atoms with Crippen LogP contribution in [0.1, 0.15) is 49.3 Å². The van der Waals surface area contributed by atoms with Crippen LogP contribution in [-0.4, -0.2) is 73.2 Å². The van der Waals surface area contributed by atoms with Crippen molar-refractivity contribution in [2.24, 2.45) is 0 Å². The second-order valence-corrected chi connectivity index (χ2v) is 10.3. The van der Waals surface area contributed by atoms with Gasteiger partial charge in [0.05, 0.1) is 59.7 Å². The Hall–Kier alpha value is -4.77. The van der Waals surface area contributed by atoms with Crippen LogP contribution in [0.15, 0.2) is 65.0 Å². The van der Waals surface area contributed by atoms with Gasteiger partial charge in [-0.2, -0.15) is 5.26 Å². The largest absolute Gasteiger partial charge is 0.507 e. The van der Waals surface area contributed by atoms with Crippen LogP contribution >= 0.6 is 0 Å². The molecule has 1 aliphatic rings. The van der Waals surface area contributed by atoms with E-state index < -0.39 is 28.9 Å². The fourth-order valence-electron chi connectivity index (χ4n) is 5.03. The number of benzene rings is 2.